The van der Waals surface area contributed by atoms with Gasteiger partial charge in [-0.15, -0.1) is 0 Å². The fourth-order valence-electron chi connectivity index (χ4n) is 2.66. The number of carbonyl (C=O) groups is 1. The van der Waals surface area contributed by atoms with Crippen molar-refractivity contribution in [3.63, 3.8) is 0 Å². The molecule has 0 aliphatic carbocycles. The van der Waals surface area contributed by atoms with Gasteiger partial charge in [0.1, 0.15) is 11.6 Å². The van der Waals surface area contributed by atoms with Crippen molar-refractivity contribution in [3.05, 3.63) is 29.6 Å². The molecule has 0 radical (unpaired) electrons. The second-order valence-corrected chi connectivity index (χ2v) is 7.95. The highest BCUT2D eigenvalue weighted by molar-refractivity contribution is 7.91. The van der Waals surface area contributed by atoms with Gasteiger partial charge in [0.05, 0.1) is 24.7 Å². The van der Waals surface area contributed by atoms with E-state index in [4.69, 9.17) is 4.74 Å². The molecular weight excluding hydrogens is 323 g/mol. The number of amides is 2. The van der Waals surface area contributed by atoms with Crippen LogP contribution in [0.5, 0.6) is 5.75 Å². The predicted molar refractivity (Wildman–Crippen MR) is 84.7 cm³/mol. The molecule has 0 spiro atoms. The molecule has 1 heterocycles. The number of halogens is 1. The fraction of sp³-hybridized carbons (Fsp3) is 0.533. The quantitative estimate of drug-likeness (QED) is 0.902. The van der Waals surface area contributed by atoms with Crippen molar-refractivity contribution < 1.29 is 22.3 Å². The van der Waals surface area contributed by atoms with Gasteiger partial charge in [0.25, 0.3) is 0 Å². The number of ether oxygens (including phenoxy) is 1. The Morgan fingerprint density at radius 2 is 2.17 bits per heavy atom. The lowest BCUT2D eigenvalue weighted by molar-refractivity contribution is 0.191. The van der Waals surface area contributed by atoms with Crippen LogP contribution in [0.1, 0.15) is 24.9 Å². The zero-order chi connectivity index (χ0) is 17.2. The van der Waals surface area contributed by atoms with Crippen LogP contribution in [0.4, 0.5) is 9.18 Å². The van der Waals surface area contributed by atoms with Gasteiger partial charge in [-0.25, -0.2) is 17.6 Å². The van der Waals surface area contributed by atoms with E-state index in [1.165, 1.54) is 30.2 Å². The van der Waals surface area contributed by atoms with E-state index in [1.54, 1.807) is 14.0 Å². The molecule has 0 aromatic heterocycles. The molecule has 23 heavy (non-hydrogen) atoms. The maximum atomic E-state index is 13.4. The molecule has 0 saturated carbocycles. The molecule has 6 nitrogen and oxygen atoms in total. The highest BCUT2D eigenvalue weighted by Gasteiger charge is 2.33. The molecule has 1 fully saturated rings. The second-order valence-electron chi connectivity index (χ2n) is 5.73. The van der Waals surface area contributed by atoms with E-state index in [0.717, 1.165) is 0 Å². The zero-order valence-electron chi connectivity index (χ0n) is 13.4. The van der Waals surface area contributed by atoms with Crippen molar-refractivity contribution in [1.82, 2.24) is 10.2 Å². The van der Waals surface area contributed by atoms with Crippen LogP contribution in [0.2, 0.25) is 0 Å². The summed E-state index contributed by atoms with van der Waals surface area (Å²) >= 11 is 0. The Kier molecular flexibility index (Phi) is 5.13. The molecule has 8 heteroatoms. The van der Waals surface area contributed by atoms with Crippen LogP contribution >= 0.6 is 0 Å². The third-order valence-electron chi connectivity index (χ3n) is 4.07. The van der Waals surface area contributed by atoms with E-state index in [2.05, 4.69) is 5.32 Å². The number of nitrogens with zero attached hydrogens (tertiary/aromatic N) is 1. The summed E-state index contributed by atoms with van der Waals surface area (Å²) in [6.07, 6.45) is 0.434. The molecule has 0 bridgehead atoms. The fourth-order valence-corrected chi connectivity index (χ4v) is 4.43. The van der Waals surface area contributed by atoms with Crippen LogP contribution in [-0.4, -0.2) is 51.1 Å². The number of nitrogens with one attached hydrogen (secondary N) is 1. The van der Waals surface area contributed by atoms with Crippen molar-refractivity contribution in [2.24, 2.45) is 0 Å². The topological polar surface area (TPSA) is 75.7 Å². The highest BCUT2D eigenvalue weighted by atomic mass is 32.2. The van der Waals surface area contributed by atoms with Gasteiger partial charge in [0.15, 0.2) is 9.84 Å². The molecule has 1 aliphatic heterocycles. The van der Waals surface area contributed by atoms with Crippen molar-refractivity contribution in [1.29, 1.82) is 0 Å². The average Bonchev–Trinajstić information content (AvgIpc) is 2.86. The second kappa shape index (κ2) is 6.74. The van der Waals surface area contributed by atoms with Crippen LogP contribution in [-0.2, 0) is 9.84 Å². The van der Waals surface area contributed by atoms with Gasteiger partial charge in [0.2, 0.25) is 0 Å². The summed E-state index contributed by atoms with van der Waals surface area (Å²) in [4.78, 5) is 13.7. The summed E-state index contributed by atoms with van der Waals surface area (Å²) in [6, 6.07) is 2.89. The molecule has 1 saturated heterocycles. The summed E-state index contributed by atoms with van der Waals surface area (Å²) in [5.74, 6) is 0.138. The Morgan fingerprint density at radius 3 is 2.74 bits per heavy atom. The smallest absolute Gasteiger partial charge is 0.317 e. The molecule has 1 aromatic carbocycles. The predicted octanol–water partition coefficient (Wildman–Crippen LogP) is 1.72. The first-order chi connectivity index (χ1) is 10.7. The minimum Gasteiger partial charge on any atom is -0.496 e. The maximum absolute atomic E-state index is 13.4. The number of hydrogen-bond acceptors (Lipinski definition) is 4. The molecule has 0 unspecified atom stereocenters. The third kappa shape index (κ3) is 4.13. The molecule has 1 N–H and O–H groups in total. The number of carbonyl (C=O) groups excluding carboxylic acids is 1. The standard InChI is InChI=1S/C15H21FN2O4S/c1-10(13-8-11(16)4-5-14(13)22-3)17-15(19)18(2)12-6-7-23(20,21)9-12/h4-5,8,10,12H,6-7,9H2,1-3H3,(H,17,19)/t10-,12-/m0/s1. The third-order valence-corrected chi connectivity index (χ3v) is 5.83. The monoisotopic (exact) mass is 344 g/mol. The Bertz CT molecular complexity index is 693. The van der Waals surface area contributed by atoms with E-state index >= 15 is 0 Å². The molecule has 2 atom stereocenters. The van der Waals surface area contributed by atoms with Crippen molar-refractivity contribution >= 4 is 15.9 Å². The number of benzene rings is 1. The average molecular weight is 344 g/mol. The van der Waals surface area contributed by atoms with E-state index < -0.39 is 27.7 Å². The van der Waals surface area contributed by atoms with Crippen LogP contribution in [0.3, 0.4) is 0 Å². The Morgan fingerprint density at radius 1 is 1.48 bits per heavy atom. The molecule has 1 aromatic rings. The lowest BCUT2D eigenvalue weighted by Gasteiger charge is -2.26. The van der Waals surface area contributed by atoms with E-state index in [0.29, 0.717) is 17.7 Å². The van der Waals surface area contributed by atoms with Crippen molar-refractivity contribution in [2.45, 2.75) is 25.4 Å². The highest BCUT2D eigenvalue weighted by Crippen LogP contribution is 2.26. The summed E-state index contributed by atoms with van der Waals surface area (Å²) < 4.78 is 41.6. The first kappa shape index (κ1) is 17.5. The Labute approximate surface area is 135 Å². The number of rotatable bonds is 4. The van der Waals surface area contributed by atoms with E-state index in [-0.39, 0.29) is 17.5 Å². The molecule has 128 valence electrons. The lowest BCUT2D eigenvalue weighted by atomic mass is 10.1. The lowest BCUT2D eigenvalue weighted by Crippen LogP contribution is -2.44. The number of urea groups is 1. The van der Waals surface area contributed by atoms with Gasteiger partial charge in [0, 0.05) is 18.7 Å². The summed E-state index contributed by atoms with van der Waals surface area (Å²) in [5.41, 5.74) is 0.522. The van der Waals surface area contributed by atoms with Crippen LogP contribution in [0, 0.1) is 5.82 Å². The number of sulfone groups is 1. The number of hydrogen-bond donors (Lipinski definition) is 1. The minimum absolute atomic E-state index is 0.0193. The number of methoxy groups -OCH3 is 1. The molecule has 1 aliphatic rings. The minimum atomic E-state index is -3.06. The van der Waals surface area contributed by atoms with Crippen LogP contribution in [0.15, 0.2) is 18.2 Å². The van der Waals surface area contributed by atoms with E-state index in [9.17, 15) is 17.6 Å². The van der Waals surface area contributed by atoms with Crippen molar-refractivity contribution in [2.75, 3.05) is 25.7 Å². The largest absolute Gasteiger partial charge is 0.496 e. The zero-order valence-corrected chi connectivity index (χ0v) is 14.2. The molecular formula is C15H21FN2O4S. The van der Waals surface area contributed by atoms with Gasteiger partial charge in [-0.05, 0) is 31.5 Å². The maximum Gasteiger partial charge on any atom is 0.317 e. The summed E-state index contributed by atoms with van der Waals surface area (Å²) in [7, 11) is -0.0233. The van der Waals surface area contributed by atoms with Crippen LogP contribution in [0.25, 0.3) is 0 Å². The van der Waals surface area contributed by atoms with Crippen LogP contribution < -0.4 is 10.1 Å². The van der Waals surface area contributed by atoms with Gasteiger partial charge >= 0.3 is 6.03 Å². The van der Waals surface area contributed by atoms with Gasteiger partial charge in [-0.1, -0.05) is 0 Å². The molecule has 2 rings (SSSR count). The Balaban J connectivity index is 2.06. The van der Waals surface area contributed by atoms with Gasteiger partial charge in [-0.3, -0.25) is 0 Å². The molecule has 2 amide bonds. The van der Waals surface area contributed by atoms with E-state index in [1.807, 2.05) is 0 Å². The SMILES string of the molecule is COc1ccc(F)cc1[C@H](C)NC(=O)N(C)[C@H]1CCS(=O)(=O)C1. The first-order valence-electron chi connectivity index (χ1n) is 7.30. The van der Waals surface area contributed by atoms with Gasteiger partial charge < -0.3 is 15.0 Å². The summed E-state index contributed by atoms with van der Waals surface area (Å²) in [6.45, 7) is 1.72. The Hall–Kier alpha value is -1.83. The normalized spacial score (nSPS) is 20.8. The van der Waals surface area contributed by atoms with Gasteiger partial charge in [-0.2, -0.15) is 0 Å². The van der Waals surface area contributed by atoms with Crippen molar-refractivity contribution in [3.8, 4) is 5.75 Å². The summed E-state index contributed by atoms with van der Waals surface area (Å²) in [5, 5.41) is 2.75. The first-order valence-corrected chi connectivity index (χ1v) is 9.13.